The van der Waals surface area contributed by atoms with Crippen LogP contribution in [0.15, 0.2) is 24.3 Å². The van der Waals surface area contributed by atoms with Gasteiger partial charge in [-0.15, -0.1) is 0 Å². The molecule has 2 rings (SSSR count). The number of rotatable bonds is 6. The average Bonchev–Trinajstić information content (AvgIpc) is 2.56. The fourth-order valence-electron chi connectivity index (χ4n) is 2.77. The molecule has 0 radical (unpaired) electrons. The summed E-state index contributed by atoms with van der Waals surface area (Å²) in [6, 6.07) is 4.95. The van der Waals surface area contributed by atoms with E-state index in [1.807, 2.05) is 6.26 Å². The van der Waals surface area contributed by atoms with Crippen molar-refractivity contribution in [1.29, 1.82) is 0 Å². The van der Waals surface area contributed by atoms with Crippen LogP contribution in [0, 0.1) is 5.92 Å². The van der Waals surface area contributed by atoms with Crippen LogP contribution < -0.4 is 5.32 Å². The zero-order valence-corrected chi connectivity index (χ0v) is 14.8. The van der Waals surface area contributed by atoms with Crippen molar-refractivity contribution in [2.45, 2.75) is 25.6 Å². The first-order valence-electron chi connectivity index (χ1n) is 8.02. The Labute approximate surface area is 149 Å². The van der Waals surface area contributed by atoms with Crippen LogP contribution in [0.5, 0.6) is 0 Å². The number of hydrogen-bond acceptors (Lipinski definition) is 3. The highest BCUT2D eigenvalue weighted by Crippen LogP contribution is 2.30. The van der Waals surface area contributed by atoms with E-state index in [2.05, 4.69) is 5.32 Å². The molecule has 0 aromatic heterocycles. The summed E-state index contributed by atoms with van der Waals surface area (Å²) in [7, 11) is 0. The number of benzene rings is 1. The highest BCUT2D eigenvalue weighted by molar-refractivity contribution is 7.98. The van der Waals surface area contributed by atoms with E-state index in [9.17, 15) is 22.8 Å². The lowest BCUT2D eigenvalue weighted by molar-refractivity contribution is -0.138. The molecule has 0 bridgehead atoms. The average molecular weight is 374 g/mol. The molecule has 25 heavy (non-hydrogen) atoms. The Morgan fingerprint density at radius 3 is 2.84 bits per heavy atom. The summed E-state index contributed by atoms with van der Waals surface area (Å²) in [6.07, 6.45) is -1.76. The number of halogens is 3. The summed E-state index contributed by atoms with van der Waals surface area (Å²) in [5.74, 6) is 0.261. The molecule has 1 aromatic rings. The number of nitrogens with one attached hydrogen (secondary N) is 1. The van der Waals surface area contributed by atoms with Gasteiger partial charge in [-0.25, -0.2) is 0 Å². The number of carbonyl (C=O) groups excluding carboxylic acids is 2. The Morgan fingerprint density at radius 2 is 2.16 bits per heavy atom. The topological polar surface area (TPSA) is 49.4 Å². The van der Waals surface area contributed by atoms with E-state index in [0.29, 0.717) is 18.5 Å². The van der Waals surface area contributed by atoms with Gasteiger partial charge >= 0.3 is 6.18 Å². The lowest BCUT2D eigenvalue weighted by Crippen LogP contribution is -2.45. The smallest absolute Gasteiger partial charge is 0.355 e. The summed E-state index contributed by atoms with van der Waals surface area (Å²) < 4.78 is 38.4. The van der Waals surface area contributed by atoms with Crippen molar-refractivity contribution < 1.29 is 22.8 Å². The molecule has 1 aromatic carbocycles. The Hall–Kier alpha value is -1.70. The van der Waals surface area contributed by atoms with Gasteiger partial charge in [-0.1, -0.05) is 12.1 Å². The minimum Gasteiger partial charge on any atom is -0.355 e. The number of likely N-dealkylation sites (tertiary alicyclic amines) is 1. The zero-order valence-electron chi connectivity index (χ0n) is 13.9. The van der Waals surface area contributed by atoms with Crippen molar-refractivity contribution >= 4 is 23.6 Å². The van der Waals surface area contributed by atoms with E-state index < -0.39 is 11.7 Å². The molecule has 8 heteroatoms. The monoisotopic (exact) mass is 374 g/mol. The fraction of sp³-hybridized carbons (Fsp3) is 0.529. The van der Waals surface area contributed by atoms with Crippen molar-refractivity contribution in [3.05, 3.63) is 35.4 Å². The molecule has 1 saturated heterocycles. The number of carbonyl (C=O) groups is 2. The zero-order chi connectivity index (χ0) is 18.4. The second-order valence-electron chi connectivity index (χ2n) is 5.99. The van der Waals surface area contributed by atoms with Gasteiger partial charge in [0.2, 0.25) is 11.8 Å². The lowest BCUT2D eigenvalue weighted by Gasteiger charge is -2.32. The van der Waals surface area contributed by atoms with Crippen molar-refractivity contribution in [2.75, 3.05) is 25.1 Å². The van der Waals surface area contributed by atoms with E-state index in [1.165, 1.54) is 11.0 Å². The SMILES string of the molecule is CSCCNC(=O)C1CCC(=O)N(Cc2cccc(C(F)(F)F)c2)C1. The number of amides is 2. The standard InChI is InChI=1S/C17H21F3N2O2S/c1-25-8-7-21-16(24)13-5-6-15(23)22(11-13)10-12-3-2-4-14(9-12)17(18,19)20/h2-4,9,13H,5-8,10-11H2,1H3,(H,21,24). The Kier molecular flexibility index (Phi) is 6.75. The van der Waals surface area contributed by atoms with Crippen molar-refractivity contribution in [3.63, 3.8) is 0 Å². The van der Waals surface area contributed by atoms with E-state index >= 15 is 0 Å². The van der Waals surface area contributed by atoms with E-state index in [1.54, 1.807) is 17.8 Å². The molecule has 2 amide bonds. The molecular formula is C17H21F3N2O2S. The maximum absolute atomic E-state index is 12.8. The lowest BCUT2D eigenvalue weighted by atomic mass is 9.96. The van der Waals surface area contributed by atoms with Gasteiger partial charge in [0.15, 0.2) is 0 Å². The van der Waals surface area contributed by atoms with Crippen LogP contribution in [0.4, 0.5) is 13.2 Å². The molecule has 1 atom stereocenters. The van der Waals surface area contributed by atoms with Crippen LogP contribution in [0.25, 0.3) is 0 Å². The summed E-state index contributed by atoms with van der Waals surface area (Å²) >= 11 is 1.63. The molecular weight excluding hydrogens is 353 g/mol. The summed E-state index contributed by atoms with van der Waals surface area (Å²) in [6.45, 7) is 0.885. The summed E-state index contributed by atoms with van der Waals surface area (Å²) in [5.41, 5.74) is -0.326. The van der Waals surface area contributed by atoms with E-state index in [-0.39, 0.29) is 37.2 Å². The summed E-state index contributed by atoms with van der Waals surface area (Å²) in [5, 5.41) is 2.84. The molecule has 0 saturated carbocycles. The molecule has 1 heterocycles. The molecule has 1 N–H and O–H groups in total. The Balaban J connectivity index is 2.00. The van der Waals surface area contributed by atoms with Gasteiger partial charge in [0, 0.05) is 31.8 Å². The number of alkyl halides is 3. The largest absolute Gasteiger partial charge is 0.416 e. The summed E-state index contributed by atoms with van der Waals surface area (Å²) in [4.78, 5) is 25.7. The molecule has 0 spiro atoms. The number of piperidine rings is 1. The van der Waals surface area contributed by atoms with Crippen LogP contribution in [0.1, 0.15) is 24.0 Å². The van der Waals surface area contributed by atoms with Gasteiger partial charge in [-0.2, -0.15) is 24.9 Å². The second-order valence-corrected chi connectivity index (χ2v) is 6.98. The van der Waals surface area contributed by atoms with Crippen LogP contribution >= 0.6 is 11.8 Å². The van der Waals surface area contributed by atoms with Crippen LogP contribution in [0.3, 0.4) is 0 Å². The van der Waals surface area contributed by atoms with Crippen molar-refractivity contribution in [1.82, 2.24) is 10.2 Å². The van der Waals surface area contributed by atoms with Gasteiger partial charge in [0.05, 0.1) is 11.5 Å². The maximum atomic E-state index is 12.8. The Bertz CT molecular complexity index is 622. The van der Waals surface area contributed by atoms with Gasteiger partial charge in [-0.3, -0.25) is 9.59 Å². The van der Waals surface area contributed by atoms with E-state index in [4.69, 9.17) is 0 Å². The van der Waals surface area contributed by atoms with E-state index in [0.717, 1.165) is 17.9 Å². The second kappa shape index (κ2) is 8.60. The minimum absolute atomic E-state index is 0.0807. The fourth-order valence-corrected chi connectivity index (χ4v) is 3.07. The quantitative estimate of drug-likeness (QED) is 0.779. The van der Waals surface area contributed by atoms with Crippen LogP contribution in [-0.2, 0) is 22.3 Å². The van der Waals surface area contributed by atoms with Crippen molar-refractivity contribution in [2.24, 2.45) is 5.92 Å². The number of nitrogens with zero attached hydrogens (tertiary/aromatic N) is 1. The predicted molar refractivity (Wildman–Crippen MR) is 91.0 cm³/mol. The molecule has 1 fully saturated rings. The van der Waals surface area contributed by atoms with Gasteiger partial charge in [-0.05, 0) is 30.4 Å². The highest BCUT2D eigenvalue weighted by Gasteiger charge is 2.32. The van der Waals surface area contributed by atoms with Gasteiger partial charge < -0.3 is 10.2 Å². The first kappa shape index (κ1) is 19.6. The molecule has 1 aliphatic rings. The number of thioether (sulfide) groups is 1. The molecule has 138 valence electrons. The Morgan fingerprint density at radius 1 is 1.40 bits per heavy atom. The molecule has 0 aliphatic carbocycles. The van der Waals surface area contributed by atoms with Gasteiger partial charge in [0.25, 0.3) is 0 Å². The third-order valence-electron chi connectivity index (χ3n) is 4.10. The normalized spacial score (nSPS) is 18.3. The maximum Gasteiger partial charge on any atom is 0.416 e. The first-order valence-corrected chi connectivity index (χ1v) is 9.41. The van der Waals surface area contributed by atoms with Crippen LogP contribution in [-0.4, -0.2) is 41.8 Å². The molecule has 1 unspecified atom stereocenters. The van der Waals surface area contributed by atoms with Crippen LogP contribution in [0.2, 0.25) is 0 Å². The third-order valence-corrected chi connectivity index (χ3v) is 4.72. The van der Waals surface area contributed by atoms with Crippen molar-refractivity contribution in [3.8, 4) is 0 Å². The number of hydrogen-bond donors (Lipinski definition) is 1. The third kappa shape index (κ3) is 5.66. The highest BCUT2D eigenvalue weighted by atomic mass is 32.2. The first-order chi connectivity index (χ1) is 11.8. The molecule has 1 aliphatic heterocycles. The van der Waals surface area contributed by atoms with Gasteiger partial charge in [0.1, 0.15) is 0 Å². The minimum atomic E-state index is -4.42. The predicted octanol–water partition coefficient (Wildman–Crippen LogP) is 2.92. The molecule has 4 nitrogen and oxygen atoms in total.